The van der Waals surface area contributed by atoms with E-state index < -0.39 is 0 Å². The fraction of sp³-hybridized carbons (Fsp3) is 0.455. The van der Waals surface area contributed by atoms with Crippen molar-refractivity contribution in [2.24, 2.45) is 11.8 Å². The predicted molar refractivity (Wildman–Crippen MR) is 96.6 cm³/mol. The van der Waals surface area contributed by atoms with Crippen LogP contribution in [0.15, 0.2) is 48.5 Å². The number of aryl methyl sites for hydroxylation is 2. The molecule has 0 radical (unpaired) electrons. The topological polar surface area (TPSA) is 3.24 Å². The summed E-state index contributed by atoms with van der Waals surface area (Å²) in [6, 6.07) is 18.1. The Morgan fingerprint density at radius 3 is 2.13 bits per heavy atom. The third-order valence-electron chi connectivity index (χ3n) is 6.20. The van der Waals surface area contributed by atoms with Gasteiger partial charge in [-0.05, 0) is 43.2 Å². The molecule has 1 heteroatoms. The highest BCUT2D eigenvalue weighted by Gasteiger charge is 2.67. The number of nitrogens with zero attached hydrogens (tertiary/aromatic N) is 1. The molecule has 1 saturated carbocycles. The van der Waals surface area contributed by atoms with Crippen LogP contribution in [0.4, 0.5) is 0 Å². The van der Waals surface area contributed by atoms with Gasteiger partial charge in [-0.1, -0.05) is 66.6 Å². The Hall–Kier alpha value is -1.60. The molecule has 2 fully saturated rings. The van der Waals surface area contributed by atoms with E-state index in [1.54, 1.807) is 5.56 Å². The Balaban J connectivity index is 1.51. The Kier molecular flexibility index (Phi) is 3.57. The first kappa shape index (κ1) is 15.0. The predicted octanol–water partition coefficient (Wildman–Crippen LogP) is 4.71. The van der Waals surface area contributed by atoms with Crippen LogP contribution >= 0.6 is 0 Å². The quantitative estimate of drug-likeness (QED) is 0.790. The van der Waals surface area contributed by atoms with Gasteiger partial charge in [0.15, 0.2) is 0 Å². The van der Waals surface area contributed by atoms with Crippen molar-refractivity contribution in [1.29, 1.82) is 0 Å². The second-order valence-electron chi connectivity index (χ2n) is 7.66. The van der Waals surface area contributed by atoms with E-state index in [1.165, 1.54) is 36.2 Å². The van der Waals surface area contributed by atoms with Crippen LogP contribution < -0.4 is 0 Å². The summed E-state index contributed by atoms with van der Waals surface area (Å²) in [5.41, 5.74) is 6.34. The highest BCUT2D eigenvalue weighted by Crippen LogP contribution is 2.65. The first-order chi connectivity index (χ1) is 11.1. The largest absolute Gasteiger partial charge is 0.298 e. The lowest BCUT2D eigenvalue weighted by molar-refractivity contribution is 0.262. The van der Waals surface area contributed by atoms with Gasteiger partial charge in [-0.15, -0.1) is 0 Å². The van der Waals surface area contributed by atoms with E-state index in [2.05, 4.69) is 74.2 Å². The molecule has 120 valence electrons. The molecular weight excluding hydrogens is 278 g/mol. The van der Waals surface area contributed by atoms with Crippen LogP contribution in [0.1, 0.15) is 35.6 Å². The van der Waals surface area contributed by atoms with E-state index in [4.69, 9.17) is 0 Å². The van der Waals surface area contributed by atoms with Crippen LogP contribution in [0.5, 0.6) is 0 Å². The third kappa shape index (κ3) is 2.42. The smallest absolute Gasteiger partial charge is 0.0233 e. The minimum absolute atomic E-state index is 0.462. The molecule has 1 nitrogen and oxygen atoms in total. The Bertz CT molecular complexity index is 671. The molecule has 2 aromatic rings. The minimum atomic E-state index is 0.462. The van der Waals surface area contributed by atoms with Crippen molar-refractivity contribution >= 4 is 0 Å². The van der Waals surface area contributed by atoms with Crippen molar-refractivity contribution in [3.63, 3.8) is 0 Å². The van der Waals surface area contributed by atoms with Crippen LogP contribution in [-0.4, -0.2) is 18.0 Å². The summed E-state index contributed by atoms with van der Waals surface area (Å²) in [5.74, 6) is 1.72. The van der Waals surface area contributed by atoms with Crippen LogP contribution in [0.3, 0.4) is 0 Å². The Morgan fingerprint density at radius 1 is 0.957 bits per heavy atom. The summed E-state index contributed by atoms with van der Waals surface area (Å²) in [4.78, 5) is 2.65. The normalized spacial score (nSPS) is 29.5. The average molecular weight is 305 g/mol. The van der Waals surface area contributed by atoms with E-state index >= 15 is 0 Å². The number of hydrogen-bond acceptors (Lipinski definition) is 1. The molecule has 1 aliphatic heterocycles. The summed E-state index contributed by atoms with van der Waals surface area (Å²) in [6.45, 7) is 10.5. The minimum Gasteiger partial charge on any atom is -0.298 e. The SMILES string of the molecule is CCC1(c2cc(C)cc(C)c2)[C@@H]2CN(Cc3ccccc3)C[C@@H]21. The molecule has 0 aromatic heterocycles. The van der Waals surface area contributed by atoms with E-state index in [0.29, 0.717) is 5.41 Å². The Labute approximate surface area is 140 Å². The first-order valence-corrected chi connectivity index (χ1v) is 8.98. The summed E-state index contributed by atoms with van der Waals surface area (Å²) < 4.78 is 0. The fourth-order valence-electron chi connectivity index (χ4n) is 5.19. The summed E-state index contributed by atoms with van der Waals surface area (Å²) in [5, 5.41) is 0. The van der Waals surface area contributed by atoms with E-state index in [0.717, 1.165) is 18.4 Å². The molecule has 23 heavy (non-hydrogen) atoms. The van der Waals surface area contributed by atoms with Crippen LogP contribution in [0.25, 0.3) is 0 Å². The van der Waals surface area contributed by atoms with Gasteiger partial charge in [-0.3, -0.25) is 4.90 Å². The lowest BCUT2D eigenvalue weighted by Crippen LogP contribution is -2.29. The summed E-state index contributed by atoms with van der Waals surface area (Å²) >= 11 is 0. The van der Waals surface area contributed by atoms with Gasteiger partial charge in [0.25, 0.3) is 0 Å². The number of hydrogen-bond donors (Lipinski definition) is 0. The molecule has 2 aliphatic rings. The molecule has 0 bridgehead atoms. The highest BCUT2D eigenvalue weighted by molar-refractivity contribution is 5.42. The van der Waals surface area contributed by atoms with Gasteiger partial charge >= 0.3 is 0 Å². The molecule has 4 rings (SSSR count). The molecule has 1 unspecified atom stereocenters. The number of likely N-dealkylation sites (tertiary alicyclic amines) is 1. The van der Waals surface area contributed by atoms with E-state index in [1.807, 2.05) is 0 Å². The molecular formula is C22H27N. The second-order valence-corrected chi connectivity index (χ2v) is 7.66. The lowest BCUT2D eigenvalue weighted by atomic mass is 9.85. The van der Waals surface area contributed by atoms with Gasteiger partial charge in [0.1, 0.15) is 0 Å². The van der Waals surface area contributed by atoms with Gasteiger partial charge in [-0.2, -0.15) is 0 Å². The number of rotatable bonds is 4. The molecule has 3 atom stereocenters. The van der Waals surface area contributed by atoms with E-state index in [-0.39, 0.29) is 0 Å². The highest BCUT2D eigenvalue weighted by atomic mass is 15.2. The molecule has 1 aliphatic carbocycles. The van der Waals surface area contributed by atoms with Crippen molar-refractivity contribution in [2.45, 2.75) is 39.2 Å². The Morgan fingerprint density at radius 2 is 1.57 bits per heavy atom. The van der Waals surface area contributed by atoms with Gasteiger partial charge in [0, 0.05) is 25.0 Å². The summed E-state index contributed by atoms with van der Waals surface area (Å²) in [6.07, 6.45) is 1.28. The van der Waals surface area contributed by atoms with Gasteiger partial charge in [0.05, 0.1) is 0 Å². The molecule has 0 N–H and O–H groups in total. The zero-order valence-corrected chi connectivity index (χ0v) is 14.5. The van der Waals surface area contributed by atoms with Crippen molar-refractivity contribution in [1.82, 2.24) is 4.90 Å². The summed E-state index contributed by atoms with van der Waals surface area (Å²) in [7, 11) is 0. The number of piperidine rings is 1. The number of fused-ring (bicyclic) bond motifs is 1. The zero-order chi connectivity index (χ0) is 16.0. The maximum atomic E-state index is 2.65. The zero-order valence-electron chi connectivity index (χ0n) is 14.5. The molecule has 2 aromatic carbocycles. The average Bonchev–Trinajstić information content (AvgIpc) is 2.92. The third-order valence-corrected chi connectivity index (χ3v) is 6.20. The van der Waals surface area contributed by atoms with Gasteiger partial charge < -0.3 is 0 Å². The second kappa shape index (κ2) is 5.49. The van der Waals surface area contributed by atoms with Crippen LogP contribution in [0.2, 0.25) is 0 Å². The van der Waals surface area contributed by atoms with Crippen molar-refractivity contribution in [2.75, 3.05) is 13.1 Å². The first-order valence-electron chi connectivity index (χ1n) is 8.98. The van der Waals surface area contributed by atoms with Gasteiger partial charge in [-0.25, -0.2) is 0 Å². The maximum Gasteiger partial charge on any atom is 0.0233 e. The maximum absolute atomic E-state index is 2.65. The molecule has 1 heterocycles. The fourth-order valence-corrected chi connectivity index (χ4v) is 5.19. The molecule has 0 spiro atoms. The van der Waals surface area contributed by atoms with Crippen molar-refractivity contribution in [3.8, 4) is 0 Å². The molecule has 1 saturated heterocycles. The monoisotopic (exact) mass is 305 g/mol. The number of benzene rings is 2. The van der Waals surface area contributed by atoms with Crippen molar-refractivity contribution in [3.05, 3.63) is 70.8 Å². The lowest BCUT2D eigenvalue weighted by Gasteiger charge is -2.27. The van der Waals surface area contributed by atoms with Crippen LogP contribution in [-0.2, 0) is 12.0 Å². The molecule has 0 amide bonds. The van der Waals surface area contributed by atoms with Crippen molar-refractivity contribution < 1.29 is 0 Å². The van der Waals surface area contributed by atoms with E-state index in [9.17, 15) is 0 Å². The standard InChI is InChI=1S/C22H27N/c1-4-22(19-11-16(2)10-17(3)12-19)20-14-23(15-21(20)22)13-18-8-6-5-7-9-18/h5-12,20-21H,4,13-15H2,1-3H3/t20-,21+,22?. The van der Waals surface area contributed by atoms with Crippen LogP contribution in [0, 0.1) is 25.7 Å². The van der Waals surface area contributed by atoms with Gasteiger partial charge in [0.2, 0.25) is 0 Å².